The monoisotopic (exact) mass is 461 g/mol. The summed E-state index contributed by atoms with van der Waals surface area (Å²) in [6.45, 7) is 11.9. The summed E-state index contributed by atoms with van der Waals surface area (Å²) in [6.07, 6.45) is 5.97. The maximum absolute atomic E-state index is 13.8. The zero-order chi connectivity index (χ0) is 23.5. The molecule has 1 heterocycles. The Hall–Kier alpha value is -1.89. The van der Waals surface area contributed by atoms with Gasteiger partial charge in [-0.3, -0.25) is 4.79 Å². The molecule has 0 aliphatic heterocycles. The second-order valence-corrected chi connectivity index (χ2v) is 12.3. The molecule has 176 valence electrons. The Morgan fingerprint density at radius 3 is 2.22 bits per heavy atom. The number of carbonyl (C=O) groups is 3. The molecule has 2 atom stereocenters. The topological polar surface area (TPSA) is 81.7 Å². The Morgan fingerprint density at radius 1 is 1.06 bits per heavy atom. The minimum atomic E-state index is -0.524. The lowest BCUT2D eigenvalue weighted by molar-refractivity contribution is -0.165. The highest BCUT2D eigenvalue weighted by Gasteiger charge is 2.62. The highest BCUT2D eigenvalue weighted by molar-refractivity contribution is 7.18. The maximum Gasteiger partial charge on any atom is 0.348 e. The summed E-state index contributed by atoms with van der Waals surface area (Å²) < 4.78 is 10.6. The number of amides is 1. The van der Waals surface area contributed by atoms with Crippen molar-refractivity contribution in [3.63, 3.8) is 0 Å². The third-order valence-corrected chi connectivity index (χ3v) is 8.68. The minimum Gasteiger partial charge on any atom is -0.462 e. The third-order valence-electron chi connectivity index (χ3n) is 7.49. The number of carbonyl (C=O) groups excluding carboxylic acids is 3. The molecule has 4 fully saturated rings. The van der Waals surface area contributed by atoms with Crippen LogP contribution >= 0.6 is 11.3 Å². The van der Waals surface area contributed by atoms with Crippen LogP contribution in [0.15, 0.2) is 0 Å². The van der Waals surface area contributed by atoms with Crippen molar-refractivity contribution in [3.05, 3.63) is 16.0 Å². The Labute approximate surface area is 194 Å². The average Bonchev–Trinajstić information content (AvgIpc) is 2.94. The molecule has 1 N–H and O–H groups in total. The van der Waals surface area contributed by atoms with Gasteiger partial charge in [0, 0.05) is 0 Å². The van der Waals surface area contributed by atoms with E-state index in [-0.39, 0.29) is 35.0 Å². The van der Waals surface area contributed by atoms with Crippen LogP contribution in [0.3, 0.4) is 0 Å². The molecule has 32 heavy (non-hydrogen) atoms. The number of hydrogen-bond donors (Lipinski definition) is 1. The van der Waals surface area contributed by atoms with Crippen molar-refractivity contribution >= 4 is 34.2 Å². The van der Waals surface area contributed by atoms with Gasteiger partial charge in [-0.2, -0.15) is 0 Å². The lowest BCUT2D eigenvalue weighted by atomic mass is 9.40. The van der Waals surface area contributed by atoms with Crippen LogP contribution in [-0.4, -0.2) is 30.6 Å². The summed E-state index contributed by atoms with van der Waals surface area (Å²) >= 11 is 1.11. The number of rotatable bonds is 6. The van der Waals surface area contributed by atoms with Gasteiger partial charge < -0.3 is 14.8 Å². The highest BCUT2D eigenvalue weighted by atomic mass is 32.1. The van der Waals surface area contributed by atoms with Crippen molar-refractivity contribution in [2.24, 2.45) is 22.2 Å². The molecule has 2 unspecified atom stereocenters. The number of ether oxygens (including phenoxy) is 2. The molecule has 4 aliphatic rings. The van der Waals surface area contributed by atoms with E-state index in [1.807, 2.05) is 0 Å². The molecular formula is C25H35NO5S. The van der Waals surface area contributed by atoms with Crippen molar-refractivity contribution in [1.29, 1.82) is 0 Å². The van der Waals surface area contributed by atoms with E-state index in [0.717, 1.165) is 30.6 Å². The molecule has 5 rings (SSSR count). The molecule has 0 saturated heterocycles. The quantitative estimate of drug-likeness (QED) is 0.547. The molecule has 1 aromatic heterocycles. The predicted octanol–water partition coefficient (Wildman–Crippen LogP) is 5.73. The maximum atomic E-state index is 13.8. The Bertz CT molecular complexity index is 946. The summed E-state index contributed by atoms with van der Waals surface area (Å²) in [6, 6.07) is 0. The van der Waals surface area contributed by atoms with Crippen LogP contribution in [0, 0.1) is 29.1 Å². The highest BCUT2D eigenvalue weighted by Crippen LogP contribution is 2.69. The minimum absolute atomic E-state index is 0.0192. The molecule has 4 aliphatic carbocycles. The summed E-state index contributed by atoms with van der Waals surface area (Å²) in [7, 11) is 0. The van der Waals surface area contributed by atoms with E-state index in [4.69, 9.17) is 9.47 Å². The van der Waals surface area contributed by atoms with Gasteiger partial charge >= 0.3 is 11.9 Å². The Morgan fingerprint density at radius 2 is 1.69 bits per heavy atom. The second kappa shape index (κ2) is 7.86. The van der Waals surface area contributed by atoms with Crippen LogP contribution in [0.4, 0.5) is 5.00 Å². The number of nitrogens with one attached hydrogen (secondary N) is 1. The van der Waals surface area contributed by atoms with E-state index in [1.54, 1.807) is 27.7 Å². The van der Waals surface area contributed by atoms with E-state index < -0.39 is 17.4 Å². The van der Waals surface area contributed by atoms with Crippen molar-refractivity contribution in [3.8, 4) is 0 Å². The van der Waals surface area contributed by atoms with Gasteiger partial charge in [0.1, 0.15) is 9.88 Å². The number of anilines is 1. The summed E-state index contributed by atoms with van der Waals surface area (Å²) in [5, 5.41) is 3.48. The first-order valence-electron chi connectivity index (χ1n) is 11.7. The molecule has 7 heteroatoms. The fourth-order valence-electron chi connectivity index (χ4n) is 7.45. The lowest BCUT2D eigenvalue weighted by Gasteiger charge is -2.64. The van der Waals surface area contributed by atoms with Gasteiger partial charge in [-0.05, 0) is 88.5 Å². The zero-order valence-corrected chi connectivity index (χ0v) is 20.9. The molecular weight excluding hydrogens is 426 g/mol. The summed E-state index contributed by atoms with van der Waals surface area (Å²) in [5.41, 5.74) is 0.754. The van der Waals surface area contributed by atoms with Gasteiger partial charge in [-0.15, -0.1) is 11.3 Å². The predicted molar refractivity (Wildman–Crippen MR) is 124 cm³/mol. The first kappa shape index (κ1) is 23.3. The normalized spacial score (nSPS) is 32.8. The fourth-order valence-corrected chi connectivity index (χ4v) is 8.53. The van der Waals surface area contributed by atoms with Gasteiger partial charge in [-0.1, -0.05) is 13.8 Å². The smallest absolute Gasteiger partial charge is 0.348 e. The van der Waals surface area contributed by atoms with E-state index in [1.165, 1.54) is 19.3 Å². The molecule has 4 bridgehead atoms. The third kappa shape index (κ3) is 3.97. The molecule has 6 nitrogen and oxygen atoms in total. The molecule has 1 amide bonds. The second-order valence-electron chi connectivity index (χ2n) is 11.3. The Kier molecular flexibility index (Phi) is 5.71. The van der Waals surface area contributed by atoms with Crippen molar-refractivity contribution in [1.82, 2.24) is 0 Å². The summed E-state index contributed by atoms with van der Waals surface area (Å²) in [4.78, 5) is 39.5. The van der Waals surface area contributed by atoms with Crippen molar-refractivity contribution in [2.75, 3.05) is 11.9 Å². The fraction of sp³-hybridized carbons (Fsp3) is 0.720. The molecule has 1 aromatic rings. The molecule has 4 saturated carbocycles. The zero-order valence-electron chi connectivity index (χ0n) is 20.1. The molecule has 0 aromatic carbocycles. The van der Waals surface area contributed by atoms with Gasteiger partial charge in [0.2, 0.25) is 5.91 Å². The van der Waals surface area contributed by atoms with Crippen LogP contribution in [0.2, 0.25) is 0 Å². The largest absolute Gasteiger partial charge is 0.462 e. The van der Waals surface area contributed by atoms with E-state index in [0.29, 0.717) is 21.4 Å². The number of esters is 2. The van der Waals surface area contributed by atoms with E-state index >= 15 is 0 Å². The first-order chi connectivity index (χ1) is 14.9. The van der Waals surface area contributed by atoms with Crippen LogP contribution in [-0.2, 0) is 14.3 Å². The van der Waals surface area contributed by atoms with Crippen molar-refractivity contribution < 1.29 is 23.9 Å². The van der Waals surface area contributed by atoms with Gasteiger partial charge in [0.15, 0.2) is 0 Å². The number of hydrogen-bond acceptors (Lipinski definition) is 6. The van der Waals surface area contributed by atoms with Crippen LogP contribution in [0.1, 0.15) is 98.7 Å². The van der Waals surface area contributed by atoms with Crippen LogP contribution in [0.25, 0.3) is 0 Å². The Balaban J connectivity index is 1.67. The molecule has 0 radical (unpaired) electrons. The van der Waals surface area contributed by atoms with Gasteiger partial charge in [0.25, 0.3) is 0 Å². The lowest BCUT2D eigenvalue weighted by Crippen LogP contribution is -2.58. The molecule has 0 spiro atoms. The summed E-state index contributed by atoms with van der Waals surface area (Å²) in [5.74, 6) is -0.445. The van der Waals surface area contributed by atoms with Gasteiger partial charge in [-0.25, -0.2) is 9.59 Å². The number of thiophene rings is 1. The standard InChI is InChI=1S/C25H35NO5S/c1-7-30-21(28)18-15(4)17(20(27)31-14(2)3)19(32-18)26-22(29)25-10-16-8-23(5,12-25)11-24(6,9-16)13-25/h14,16H,7-13H2,1-6H3,(H,26,29). The first-order valence-corrected chi connectivity index (χ1v) is 12.5. The van der Waals surface area contributed by atoms with Crippen LogP contribution in [0.5, 0.6) is 0 Å². The van der Waals surface area contributed by atoms with E-state index in [9.17, 15) is 14.4 Å². The van der Waals surface area contributed by atoms with Crippen molar-refractivity contribution in [2.45, 2.75) is 86.2 Å². The van der Waals surface area contributed by atoms with Gasteiger partial charge in [0.05, 0.1) is 23.7 Å². The SMILES string of the molecule is CCOC(=O)c1sc(NC(=O)C23CC4CC(C)(CC(C)(C4)C2)C3)c(C(=O)OC(C)C)c1C. The van der Waals surface area contributed by atoms with E-state index in [2.05, 4.69) is 19.2 Å². The van der Waals surface area contributed by atoms with Crippen LogP contribution < -0.4 is 5.32 Å². The average molecular weight is 462 g/mol.